The predicted molar refractivity (Wildman–Crippen MR) is 20.5 cm³/mol. The largest absolute Gasteiger partial charge is 0.246 e. The fourth-order valence-corrected chi connectivity index (χ4v) is 0. The number of rotatable bonds is 1. The zero-order chi connectivity index (χ0) is 4.28. The molecule has 0 N–H and O–H groups in total. The van der Waals surface area contributed by atoms with Crippen LogP contribution in [-0.2, 0) is 0 Å². The molecule has 1 radical (unpaired) electrons. The molecule has 0 spiro atoms. The van der Waals surface area contributed by atoms with Crippen LogP contribution in [0.3, 0.4) is 0 Å². The van der Waals surface area contributed by atoms with Gasteiger partial charge in [-0.2, -0.15) is 0 Å². The summed E-state index contributed by atoms with van der Waals surface area (Å²) in [5, 5.41) is 0. The first-order valence-electron chi connectivity index (χ1n) is 1.33. The average molecular weight is 73.1 g/mol. The molecule has 0 aliphatic carbocycles. The molecule has 0 heterocycles. The van der Waals surface area contributed by atoms with Gasteiger partial charge in [-0.15, -0.1) is 0 Å². The predicted octanol–water partition coefficient (Wildman–Crippen LogP) is 1.35. The minimum absolute atomic E-state index is 0.338. The fourth-order valence-electron chi connectivity index (χ4n) is 0. The topological polar surface area (TPSA) is 0 Å². The number of hydrogen-bond donors (Lipinski definition) is 0. The third-order valence-corrected chi connectivity index (χ3v) is 0.189. The number of allylic oxidation sites excluding steroid dienone is 1. The molecule has 0 fully saturated rings. The molecule has 0 aromatic carbocycles. The van der Waals surface area contributed by atoms with Crippen LogP contribution in [0, 0.1) is 6.92 Å². The molecule has 1 heteroatoms. The van der Waals surface area contributed by atoms with Crippen molar-refractivity contribution in [3.05, 3.63) is 19.1 Å². The zero-order valence-electron chi connectivity index (χ0n) is 3.00. The normalized spacial score (nSPS) is 7.60. The molecule has 0 aromatic heterocycles. The summed E-state index contributed by atoms with van der Waals surface area (Å²) in [7, 11) is 0. The highest BCUT2D eigenvalue weighted by atomic mass is 19.1. The minimum Gasteiger partial charge on any atom is -0.246 e. The van der Waals surface area contributed by atoms with Gasteiger partial charge in [0.2, 0.25) is 0 Å². The monoisotopic (exact) mass is 73.0 g/mol. The van der Waals surface area contributed by atoms with Gasteiger partial charge in [0.25, 0.3) is 0 Å². The molecular weight excluding hydrogens is 67.0 g/mol. The Labute approximate surface area is 31.3 Å². The number of alkyl halides is 1. The van der Waals surface area contributed by atoms with Gasteiger partial charge >= 0.3 is 0 Å². The minimum atomic E-state index is -0.500. The first kappa shape index (κ1) is 4.67. The van der Waals surface area contributed by atoms with Gasteiger partial charge in [0.05, 0.1) is 0 Å². The summed E-state index contributed by atoms with van der Waals surface area (Å²) >= 11 is 0. The molecular formula is C4H6F. The molecule has 0 nitrogen and oxygen atoms in total. The Bertz CT molecular complexity index is 38.9. The summed E-state index contributed by atoms with van der Waals surface area (Å²) in [5.41, 5.74) is 0.338. The molecule has 0 rings (SSSR count). The second kappa shape index (κ2) is 1.94. The molecule has 5 heavy (non-hydrogen) atoms. The van der Waals surface area contributed by atoms with Gasteiger partial charge in [0.15, 0.2) is 0 Å². The Kier molecular flexibility index (Phi) is 1.81. The summed E-state index contributed by atoms with van der Waals surface area (Å²) in [6.07, 6.45) is 0. The van der Waals surface area contributed by atoms with Gasteiger partial charge in [0, 0.05) is 0 Å². The van der Waals surface area contributed by atoms with Crippen LogP contribution in [0.1, 0.15) is 0 Å². The molecule has 0 unspecified atom stereocenters. The Hall–Kier alpha value is -0.330. The van der Waals surface area contributed by atoms with Crippen LogP contribution in [0.2, 0.25) is 0 Å². The van der Waals surface area contributed by atoms with Crippen molar-refractivity contribution in [1.29, 1.82) is 0 Å². The van der Waals surface area contributed by atoms with Crippen molar-refractivity contribution < 1.29 is 4.39 Å². The summed E-state index contributed by atoms with van der Waals surface area (Å²) in [6, 6.07) is 0. The van der Waals surface area contributed by atoms with Crippen molar-refractivity contribution in [2.24, 2.45) is 0 Å². The number of halogens is 1. The fraction of sp³-hybridized carbons (Fsp3) is 0.250. The SMILES string of the molecule is [CH2]C(=C)CF. The Morgan fingerprint density at radius 3 is 2.00 bits per heavy atom. The summed E-state index contributed by atoms with van der Waals surface area (Å²) in [5.74, 6) is 0. The highest BCUT2D eigenvalue weighted by Gasteiger charge is 1.72. The molecule has 0 aromatic rings. The van der Waals surface area contributed by atoms with E-state index in [4.69, 9.17) is 0 Å². The average Bonchev–Trinajstić information content (AvgIpc) is 1.38. The van der Waals surface area contributed by atoms with Crippen LogP contribution < -0.4 is 0 Å². The van der Waals surface area contributed by atoms with E-state index in [1.54, 1.807) is 0 Å². The highest BCUT2D eigenvalue weighted by molar-refractivity contribution is 4.96. The molecule has 0 saturated heterocycles. The third-order valence-electron chi connectivity index (χ3n) is 0.189. The molecule has 0 aliphatic rings. The van der Waals surface area contributed by atoms with E-state index < -0.39 is 6.67 Å². The lowest BCUT2D eigenvalue weighted by Crippen LogP contribution is -1.68. The maximum Gasteiger partial charge on any atom is 0.110 e. The van der Waals surface area contributed by atoms with Gasteiger partial charge in [-0.1, -0.05) is 6.58 Å². The second-order valence-corrected chi connectivity index (χ2v) is 0.884. The van der Waals surface area contributed by atoms with E-state index in [1.165, 1.54) is 0 Å². The lowest BCUT2D eigenvalue weighted by molar-refractivity contribution is 0.550. The van der Waals surface area contributed by atoms with Crippen molar-refractivity contribution >= 4 is 0 Å². The Morgan fingerprint density at radius 2 is 2.00 bits per heavy atom. The first-order chi connectivity index (χ1) is 2.27. The lowest BCUT2D eigenvalue weighted by Gasteiger charge is -1.76. The molecule has 0 atom stereocenters. The third kappa shape index (κ3) is 3.67. The van der Waals surface area contributed by atoms with E-state index in [0.717, 1.165) is 0 Å². The Morgan fingerprint density at radius 1 is 1.80 bits per heavy atom. The van der Waals surface area contributed by atoms with Crippen LogP contribution in [0.4, 0.5) is 4.39 Å². The van der Waals surface area contributed by atoms with E-state index in [0.29, 0.717) is 5.57 Å². The molecule has 0 saturated carbocycles. The van der Waals surface area contributed by atoms with Crippen LogP contribution in [0.15, 0.2) is 12.2 Å². The summed E-state index contributed by atoms with van der Waals surface area (Å²) in [6.45, 7) is 5.88. The zero-order valence-corrected chi connectivity index (χ0v) is 3.00. The lowest BCUT2D eigenvalue weighted by atomic mass is 10.4. The van der Waals surface area contributed by atoms with Crippen LogP contribution in [0.5, 0.6) is 0 Å². The van der Waals surface area contributed by atoms with Gasteiger partial charge in [-0.05, 0) is 12.5 Å². The van der Waals surface area contributed by atoms with E-state index in [2.05, 4.69) is 13.5 Å². The van der Waals surface area contributed by atoms with E-state index in [-0.39, 0.29) is 0 Å². The van der Waals surface area contributed by atoms with E-state index in [1.807, 2.05) is 0 Å². The van der Waals surface area contributed by atoms with E-state index >= 15 is 0 Å². The van der Waals surface area contributed by atoms with Crippen molar-refractivity contribution in [3.63, 3.8) is 0 Å². The van der Waals surface area contributed by atoms with Crippen molar-refractivity contribution in [1.82, 2.24) is 0 Å². The standard InChI is InChI=1S/C4H6F/c1-4(2)3-5/h1-3H2. The van der Waals surface area contributed by atoms with Crippen molar-refractivity contribution in [2.75, 3.05) is 6.67 Å². The van der Waals surface area contributed by atoms with Gasteiger partial charge in [-0.3, -0.25) is 0 Å². The smallest absolute Gasteiger partial charge is 0.110 e. The van der Waals surface area contributed by atoms with Crippen LogP contribution >= 0.6 is 0 Å². The van der Waals surface area contributed by atoms with Crippen molar-refractivity contribution in [3.8, 4) is 0 Å². The highest BCUT2D eigenvalue weighted by Crippen LogP contribution is 1.81. The van der Waals surface area contributed by atoms with Crippen molar-refractivity contribution in [2.45, 2.75) is 0 Å². The maximum absolute atomic E-state index is 11.0. The maximum atomic E-state index is 11.0. The number of hydrogen-bond acceptors (Lipinski definition) is 0. The molecule has 0 amide bonds. The first-order valence-corrected chi connectivity index (χ1v) is 1.33. The van der Waals surface area contributed by atoms with Crippen LogP contribution in [-0.4, -0.2) is 6.67 Å². The van der Waals surface area contributed by atoms with Gasteiger partial charge < -0.3 is 0 Å². The Balaban J connectivity index is 2.85. The van der Waals surface area contributed by atoms with E-state index in [9.17, 15) is 4.39 Å². The molecule has 0 bridgehead atoms. The molecule has 0 aliphatic heterocycles. The second-order valence-electron chi connectivity index (χ2n) is 0.884. The van der Waals surface area contributed by atoms with Gasteiger partial charge in [-0.25, -0.2) is 4.39 Å². The summed E-state index contributed by atoms with van der Waals surface area (Å²) < 4.78 is 11.0. The van der Waals surface area contributed by atoms with Crippen LogP contribution in [0.25, 0.3) is 0 Å². The quantitative estimate of drug-likeness (QED) is 0.439. The summed E-state index contributed by atoms with van der Waals surface area (Å²) in [4.78, 5) is 0. The van der Waals surface area contributed by atoms with Gasteiger partial charge in [0.1, 0.15) is 6.67 Å². The molecule has 29 valence electrons.